The Hall–Kier alpha value is -1.16. The molecule has 0 saturated heterocycles. The molecule has 0 aliphatic heterocycles. The number of amides is 1. The molecule has 0 spiro atoms. The van der Waals surface area contributed by atoms with Gasteiger partial charge in [0.15, 0.2) is 5.78 Å². The lowest BCUT2D eigenvalue weighted by atomic mass is 9.92. The number of allylic oxidation sites excluding steroid dienone is 1. The van der Waals surface area contributed by atoms with Crippen LogP contribution in [-0.2, 0) is 14.3 Å². The van der Waals surface area contributed by atoms with Crippen molar-refractivity contribution >= 4 is 11.7 Å². The molecule has 0 fully saturated rings. The highest BCUT2D eigenvalue weighted by Gasteiger charge is 2.32. The van der Waals surface area contributed by atoms with E-state index in [1.165, 1.54) is 6.92 Å². The van der Waals surface area contributed by atoms with E-state index in [1.54, 1.807) is 0 Å². The molecule has 1 amide bonds. The number of carbonyl (C=O) groups is 2. The predicted molar refractivity (Wildman–Crippen MR) is 61.0 cm³/mol. The van der Waals surface area contributed by atoms with Crippen LogP contribution in [-0.4, -0.2) is 29.9 Å². The first-order valence-electron chi connectivity index (χ1n) is 5.52. The lowest BCUT2D eigenvalue weighted by Gasteiger charge is -2.30. The molecule has 0 aromatic heterocycles. The van der Waals surface area contributed by atoms with E-state index in [2.05, 4.69) is 5.32 Å². The van der Waals surface area contributed by atoms with E-state index in [0.717, 1.165) is 5.57 Å². The first-order valence-corrected chi connectivity index (χ1v) is 5.52. The Morgan fingerprint density at radius 2 is 2.19 bits per heavy atom. The average molecular weight is 225 g/mol. The molecule has 1 aliphatic carbocycles. The molecule has 90 valence electrons. The Kier molecular flexibility index (Phi) is 4.24. The van der Waals surface area contributed by atoms with Gasteiger partial charge in [-0.1, -0.05) is 11.6 Å². The van der Waals surface area contributed by atoms with Gasteiger partial charge in [0.05, 0.1) is 6.10 Å². The third-order valence-electron chi connectivity index (χ3n) is 2.37. The smallest absolute Gasteiger partial charge is 0.217 e. The number of ketones is 1. The highest BCUT2D eigenvalue weighted by molar-refractivity contribution is 5.91. The number of nitrogens with one attached hydrogen (secondary N) is 1. The fourth-order valence-electron chi connectivity index (χ4n) is 1.82. The van der Waals surface area contributed by atoms with Crippen molar-refractivity contribution in [2.24, 2.45) is 0 Å². The summed E-state index contributed by atoms with van der Waals surface area (Å²) in [5, 5.41) is 2.65. The van der Waals surface area contributed by atoms with Gasteiger partial charge in [-0.3, -0.25) is 9.59 Å². The van der Waals surface area contributed by atoms with Gasteiger partial charge < -0.3 is 10.1 Å². The largest absolute Gasteiger partial charge is 0.369 e. The molecule has 0 aromatic carbocycles. The summed E-state index contributed by atoms with van der Waals surface area (Å²) >= 11 is 0. The Morgan fingerprint density at radius 1 is 1.56 bits per heavy atom. The van der Waals surface area contributed by atoms with Crippen LogP contribution in [0.25, 0.3) is 0 Å². The molecule has 0 bridgehead atoms. The first kappa shape index (κ1) is 12.9. The molecule has 2 atom stereocenters. The zero-order valence-corrected chi connectivity index (χ0v) is 10.2. The van der Waals surface area contributed by atoms with Crippen molar-refractivity contribution in [1.82, 2.24) is 5.32 Å². The number of Topliss-reactive ketones (excluding diaryl/α,β-unsaturated/α-hetero) is 1. The minimum Gasteiger partial charge on any atom is -0.369 e. The quantitative estimate of drug-likeness (QED) is 0.734. The zero-order valence-electron chi connectivity index (χ0n) is 10.2. The van der Waals surface area contributed by atoms with E-state index >= 15 is 0 Å². The summed E-state index contributed by atoms with van der Waals surface area (Å²) in [5.74, 6) is -0.190. The first-order chi connectivity index (χ1) is 7.40. The fourth-order valence-corrected chi connectivity index (χ4v) is 1.82. The molecule has 1 rings (SSSR count). The lowest BCUT2D eigenvalue weighted by molar-refractivity contribution is -0.131. The molecule has 1 N–H and O–H groups in total. The maximum absolute atomic E-state index is 11.8. The summed E-state index contributed by atoms with van der Waals surface area (Å²) in [6, 6.07) is -0.538. The minimum absolute atomic E-state index is 0.0147. The Balaban J connectivity index is 2.83. The molecule has 4 heteroatoms. The lowest BCUT2D eigenvalue weighted by Crippen LogP contribution is -2.50. The van der Waals surface area contributed by atoms with Crippen molar-refractivity contribution in [2.45, 2.75) is 52.4 Å². The van der Waals surface area contributed by atoms with Crippen LogP contribution in [0.3, 0.4) is 0 Å². The van der Waals surface area contributed by atoms with Gasteiger partial charge in [0.25, 0.3) is 0 Å². The van der Waals surface area contributed by atoms with Crippen LogP contribution in [0.2, 0.25) is 0 Å². The fraction of sp³-hybridized carbons (Fsp3) is 0.667. The molecule has 0 saturated carbocycles. The minimum atomic E-state index is -0.538. The van der Waals surface area contributed by atoms with Crippen molar-refractivity contribution in [3.8, 4) is 0 Å². The molecular formula is C12H19NO3. The van der Waals surface area contributed by atoms with Crippen molar-refractivity contribution in [1.29, 1.82) is 0 Å². The number of hydrogen-bond acceptors (Lipinski definition) is 3. The second-order valence-corrected chi connectivity index (χ2v) is 4.48. The van der Waals surface area contributed by atoms with Crippen LogP contribution in [0.5, 0.6) is 0 Å². The van der Waals surface area contributed by atoms with Gasteiger partial charge in [0.2, 0.25) is 5.91 Å². The van der Waals surface area contributed by atoms with Gasteiger partial charge in [-0.05, 0) is 20.8 Å². The SMILES string of the molecule is CC(=O)N[C@@H]1C(=O)CC(C)=C[C@H]1OC(C)C. The Bertz CT molecular complexity index is 320. The summed E-state index contributed by atoms with van der Waals surface area (Å²) in [6.45, 7) is 7.13. The molecule has 16 heavy (non-hydrogen) atoms. The average Bonchev–Trinajstić information content (AvgIpc) is 2.09. The van der Waals surface area contributed by atoms with Crippen molar-refractivity contribution in [3.63, 3.8) is 0 Å². The second kappa shape index (κ2) is 5.25. The summed E-state index contributed by atoms with van der Waals surface area (Å²) in [7, 11) is 0. The molecule has 4 nitrogen and oxygen atoms in total. The molecule has 0 radical (unpaired) electrons. The molecule has 0 aromatic rings. The maximum Gasteiger partial charge on any atom is 0.217 e. The number of rotatable bonds is 3. The maximum atomic E-state index is 11.8. The highest BCUT2D eigenvalue weighted by Crippen LogP contribution is 2.19. The van der Waals surface area contributed by atoms with E-state index in [-0.39, 0.29) is 23.9 Å². The van der Waals surface area contributed by atoms with Gasteiger partial charge in [-0.15, -0.1) is 0 Å². The summed E-state index contributed by atoms with van der Waals surface area (Å²) in [5.41, 5.74) is 0.997. The van der Waals surface area contributed by atoms with Crippen molar-refractivity contribution < 1.29 is 14.3 Å². The van der Waals surface area contributed by atoms with Crippen molar-refractivity contribution in [3.05, 3.63) is 11.6 Å². The zero-order chi connectivity index (χ0) is 12.3. The summed E-state index contributed by atoms with van der Waals surface area (Å²) in [4.78, 5) is 22.8. The van der Waals surface area contributed by atoms with E-state index in [9.17, 15) is 9.59 Å². The predicted octanol–water partition coefficient (Wildman–Crippen LogP) is 1.20. The number of hydrogen-bond donors (Lipinski definition) is 1. The van der Waals surface area contributed by atoms with Gasteiger partial charge >= 0.3 is 0 Å². The van der Waals surface area contributed by atoms with Crippen LogP contribution < -0.4 is 5.32 Å². The van der Waals surface area contributed by atoms with Crippen LogP contribution >= 0.6 is 0 Å². The second-order valence-electron chi connectivity index (χ2n) is 4.48. The topological polar surface area (TPSA) is 55.4 Å². The van der Waals surface area contributed by atoms with Crippen LogP contribution in [0, 0.1) is 0 Å². The third-order valence-corrected chi connectivity index (χ3v) is 2.37. The van der Waals surface area contributed by atoms with Crippen LogP contribution in [0.15, 0.2) is 11.6 Å². The summed E-state index contributed by atoms with van der Waals surface area (Å²) in [6.07, 6.45) is 1.99. The number of ether oxygens (including phenoxy) is 1. The number of carbonyl (C=O) groups excluding carboxylic acids is 2. The van der Waals surface area contributed by atoms with Crippen LogP contribution in [0.1, 0.15) is 34.1 Å². The standard InChI is InChI=1S/C12H19NO3/c1-7(2)16-11-6-8(3)5-10(15)12(11)13-9(4)14/h6-7,11-12H,5H2,1-4H3,(H,13,14)/t11-,12-/m1/s1. The Labute approximate surface area is 96.0 Å². The summed E-state index contributed by atoms with van der Waals surface area (Å²) < 4.78 is 5.63. The van der Waals surface area contributed by atoms with Gasteiger partial charge in [-0.25, -0.2) is 0 Å². The van der Waals surface area contributed by atoms with Crippen LogP contribution in [0.4, 0.5) is 0 Å². The van der Waals surface area contributed by atoms with Gasteiger partial charge in [0, 0.05) is 13.3 Å². The van der Waals surface area contributed by atoms with E-state index in [1.807, 2.05) is 26.8 Å². The third kappa shape index (κ3) is 3.45. The molecule has 1 aliphatic rings. The van der Waals surface area contributed by atoms with Gasteiger partial charge in [0.1, 0.15) is 12.1 Å². The molecular weight excluding hydrogens is 206 g/mol. The Morgan fingerprint density at radius 3 is 2.69 bits per heavy atom. The van der Waals surface area contributed by atoms with E-state index in [4.69, 9.17) is 4.74 Å². The van der Waals surface area contributed by atoms with E-state index < -0.39 is 6.04 Å². The monoisotopic (exact) mass is 225 g/mol. The van der Waals surface area contributed by atoms with Crippen molar-refractivity contribution in [2.75, 3.05) is 0 Å². The van der Waals surface area contributed by atoms with E-state index in [0.29, 0.717) is 6.42 Å². The van der Waals surface area contributed by atoms with Gasteiger partial charge in [-0.2, -0.15) is 0 Å². The normalized spacial score (nSPS) is 25.6. The molecule has 0 heterocycles. The molecule has 0 unspecified atom stereocenters. The highest BCUT2D eigenvalue weighted by atomic mass is 16.5.